The zero-order chi connectivity index (χ0) is 24.7. The third-order valence-electron chi connectivity index (χ3n) is 6.05. The average molecular weight is 511 g/mol. The summed E-state index contributed by atoms with van der Waals surface area (Å²) in [4.78, 5) is 20.2. The Morgan fingerprint density at radius 2 is 2.00 bits per heavy atom. The van der Waals surface area contributed by atoms with Crippen LogP contribution in [0.3, 0.4) is 0 Å². The highest BCUT2D eigenvalue weighted by Crippen LogP contribution is 2.39. The maximum absolute atomic E-state index is 14.5. The van der Waals surface area contributed by atoms with Crippen LogP contribution in [-0.2, 0) is 23.6 Å². The molecule has 35 heavy (non-hydrogen) atoms. The highest BCUT2D eigenvalue weighted by atomic mass is 32.2. The van der Waals surface area contributed by atoms with E-state index in [0.717, 1.165) is 26.4 Å². The zero-order valence-electron chi connectivity index (χ0n) is 20.1. The van der Waals surface area contributed by atoms with E-state index in [-0.39, 0.29) is 23.9 Å². The summed E-state index contributed by atoms with van der Waals surface area (Å²) in [6.07, 6.45) is -0.552. The van der Waals surface area contributed by atoms with Crippen molar-refractivity contribution in [3.05, 3.63) is 85.8 Å². The summed E-state index contributed by atoms with van der Waals surface area (Å²) in [5.74, 6) is 0.999. The molecular weight excluding hydrogens is 483 g/mol. The molecule has 0 spiro atoms. The lowest BCUT2D eigenvalue weighted by Gasteiger charge is -2.28. The highest BCUT2D eigenvalue weighted by Gasteiger charge is 2.26. The Kier molecular flexibility index (Phi) is 6.70. The summed E-state index contributed by atoms with van der Waals surface area (Å²) in [7, 11) is 0. The normalized spacial score (nSPS) is 15.4. The molecule has 0 amide bonds. The molecule has 0 bridgehead atoms. The Morgan fingerprint density at radius 1 is 1.23 bits per heavy atom. The first kappa shape index (κ1) is 24.0. The van der Waals surface area contributed by atoms with E-state index in [1.807, 2.05) is 44.2 Å². The van der Waals surface area contributed by atoms with Crippen molar-refractivity contribution in [1.29, 1.82) is 0 Å². The molecule has 4 aromatic rings. The molecule has 182 valence electrons. The van der Waals surface area contributed by atoms with Gasteiger partial charge in [0, 0.05) is 33.9 Å². The number of nitrogens with zero attached hydrogens (tertiary/aromatic N) is 2. The maximum Gasteiger partial charge on any atom is 0.263 e. The number of aromatic nitrogens is 2. The lowest BCUT2D eigenvalue weighted by Crippen LogP contribution is -2.25. The standard InChI is InChI=1S/C27H27FN2O3S2/c1-15(2)12-30-25(31)22-16(3)17(4)35-24(22)29-27(30)34-14-20-11-21(28)10-19-13-32-26(33-23(19)20)18-8-6-5-7-9-18/h5-11,15,26H,12-14H2,1-4H3. The molecule has 3 heterocycles. The SMILES string of the molecule is Cc1sc2nc(SCc3cc(F)cc4c3OC(c3ccccc3)OC4)n(CC(C)C)c(=O)c2c1C. The fourth-order valence-corrected chi connectivity index (χ4v) is 6.29. The summed E-state index contributed by atoms with van der Waals surface area (Å²) in [6, 6.07) is 12.7. The van der Waals surface area contributed by atoms with Gasteiger partial charge in [-0.15, -0.1) is 11.3 Å². The van der Waals surface area contributed by atoms with E-state index in [9.17, 15) is 9.18 Å². The van der Waals surface area contributed by atoms with Crippen LogP contribution in [0.4, 0.5) is 4.39 Å². The fourth-order valence-electron chi connectivity index (χ4n) is 4.25. The van der Waals surface area contributed by atoms with Gasteiger partial charge in [-0.1, -0.05) is 55.9 Å². The predicted molar refractivity (Wildman–Crippen MR) is 139 cm³/mol. The lowest BCUT2D eigenvalue weighted by molar-refractivity contribution is -0.112. The van der Waals surface area contributed by atoms with E-state index in [1.165, 1.54) is 23.9 Å². The molecule has 1 aliphatic rings. The van der Waals surface area contributed by atoms with Crippen molar-refractivity contribution in [2.24, 2.45) is 5.92 Å². The molecular formula is C27H27FN2O3S2. The van der Waals surface area contributed by atoms with Crippen LogP contribution in [0.15, 0.2) is 52.4 Å². The van der Waals surface area contributed by atoms with Crippen LogP contribution in [0.2, 0.25) is 0 Å². The molecule has 2 aromatic carbocycles. The number of benzene rings is 2. The molecule has 0 saturated carbocycles. The number of ether oxygens (including phenoxy) is 2. The van der Waals surface area contributed by atoms with E-state index >= 15 is 0 Å². The third kappa shape index (κ3) is 4.75. The topological polar surface area (TPSA) is 53.4 Å². The zero-order valence-corrected chi connectivity index (χ0v) is 21.8. The molecule has 0 radical (unpaired) electrons. The van der Waals surface area contributed by atoms with Gasteiger partial charge in [-0.25, -0.2) is 9.37 Å². The number of rotatable bonds is 6. The van der Waals surface area contributed by atoms with Gasteiger partial charge >= 0.3 is 0 Å². The minimum absolute atomic E-state index is 0.0110. The van der Waals surface area contributed by atoms with Crippen molar-refractivity contribution >= 4 is 33.3 Å². The van der Waals surface area contributed by atoms with Crippen LogP contribution in [0.25, 0.3) is 10.2 Å². The second-order valence-corrected chi connectivity index (χ2v) is 11.3. The Hall–Kier alpha value is -2.68. The summed E-state index contributed by atoms with van der Waals surface area (Å²) >= 11 is 2.98. The van der Waals surface area contributed by atoms with Gasteiger partial charge in [0.15, 0.2) is 5.16 Å². The highest BCUT2D eigenvalue weighted by molar-refractivity contribution is 7.98. The number of fused-ring (bicyclic) bond motifs is 2. The van der Waals surface area contributed by atoms with E-state index in [1.54, 1.807) is 15.9 Å². The number of hydrogen-bond acceptors (Lipinski definition) is 6. The van der Waals surface area contributed by atoms with Crippen molar-refractivity contribution in [3.63, 3.8) is 0 Å². The summed E-state index contributed by atoms with van der Waals surface area (Å²) in [5, 5.41) is 1.34. The molecule has 1 unspecified atom stereocenters. The van der Waals surface area contributed by atoms with Crippen LogP contribution in [-0.4, -0.2) is 9.55 Å². The van der Waals surface area contributed by atoms with Gasteiger partial charge < -0.3 is 9.47 Å². The van der Waals surface area contributed by atoms with Crippen LogP contribution >= 0.6 is 23.1 Å². The van der Waals surface area contributed by atoms with Crippen molar-refractivity contribution < 1.29 is 13.9 Å². The van der Waals surface area contributed by atoms with Gasteiger partial charge in [-0.3, -0.25) is 9.36 Å². The predicted octanol–water partition coefficient (Wildman–Crippen LogP) is 6.77. The molecule has 5 rings (SSSR count). The average Bonchev–Trinajstić information content (AvgIpc) is 3.12. The van der Waals surface area contributed by atoms with Gasteiger partial charge in [0.05, 0.1) is 12.0 Å². The van der Waals surface area contributed by atoms with Crippen LogP contribution in [0, 0.1) is 25.6 Å². The first-order chi connectivity index (χ1) is 16.8. The summed E-state index contributed by atoms with van der Waals surface area (Å²) in [6.45, 7) is 8.99. The van der Waals surface area contributed by atoms with Crippen molar-refractivity contribution in [2.75, 3.05) is 0 Å². The maximum atomic E-state index is 14.5. The van der Waals surface area contributed by atoms with Crippen LogP contribution in [0.1, 0.15) is 47.3 Å². The monoisotopic (exact) mass is 510 g/mol. The van der Waals surface area contributed by atoms with Crippen molar-refractivity contribution in [1.82, 2.24) is 9.55 Å². The molecule has 0 saturated heterocycles. The first-order valence-electron chi connectivity index (χ1n) is 11.6. The number of halogens is 1. The van der Waals surface area contributed by atoms with Gasteiger partial charge in [-0.2, -0.15) is 0 Å². The molecule has 5 nitrogen and oxygen atoms in total. The number of thioether (sulfide) groups is 1. The molecule has 0 fully saturated rings. The van der Waals surface area contributed by atoms with Crippen LogP contribution in [0.5, 0.6) is 5.75 Å². The lowest BCUT2D eigenvalue weighted by atomic mass is 10.1. The van der Waals surface area contributed by atoms with Gasteiger partial charge in [0.2, 0.25) is 6.29 Å². The smallest absolute Gasteiger partial charge is 0.263 e. The van der Waals surface area contributed by atoms with Gasteiger partial charge in [-0.05, 0) is 37.5 Å². The van der Waals surface area contributed by atoms with E-state index in [4.69, 9.17) is 14.5 Å². The summed E-state index contributed by atoms with van der Waals surface area (Å²) < 4.78 is 28.3. The summed E-state index contributed by atoms with van der Waals surface area (Å²) in [5.41, 5.74) is 3.29. The van der Waals surface area contributed by atoms with E-state index in [0.29, 0.717) is 34.2 Å². The molecule has 2 aromatic heterocycles. The first-order valence-corrected chi connectivity index (χ1v) is 13.4. The second kappa shape index (κ2) is 9.76. The second-order valence-electron chi connectivity index (χ2n) is 9.18. The molecule has 0 aliphatic carbocycles. The minimum atomic E-state index is -0.552. The fraction of sp³-hybridized carbons (Fsp3) is 0.333. The quantitative estimate of drug-likeness (QED) is 0.212. The van der Waals surface area contributed by atoms with Gasteiger partial charge in [0.25, 0.3) is 5.56 Å². The van der Waals surface area contributed by atoms with Gasteiger partial charge in [0.1, 0.15) is 16.4 Å². The third-order valence-corrected chi connectivity index (χ3v) is 8.18. The number of aryl methyl sites for hydroxylation is 2. The molecule has 1 aliphatic heterocycles. The number of thiophene rings is 1. The molecule has 1 atom stereocenters. The van der Waals surface area contributed by atoms with Crippen LogP contribution < -0.4 is 10.3 Å². The number of hydrogen-bond donors (Lipinski definition) is 0. The Morgan fingerprint density at radius 3 is 2.74 bits per heavy atom. The molecule has 0 N–H and O–H groups in total. The van der Waals surface area contributed by atoms with Crippen molar-refractivity contribution in [2.45, 2.75) is 58.0 Å². The molecule has 8 heteroatoms. The Bertz CT molecular complexity index is 1450. The largest absolute Gasteiger partial charge is 0.460 e. The minimum Gasteiger partial charge on any atom is -0.460 e. The van der Waals surface area contributed by atoms with E-state index < -0.39 is 6.29 Å². The Labute approximate surface area is 211 Å². The van der Waals surface area contributed by atoms with Crippen molar-refractivity contribution in [3.8, 4) is 5.75 Å². The van der Waals surface area contributed by atoms with E-state index in [2.05, 4.69) is 13.8 Å². The Balaban J connectivity index is 1.50.